The molecule has 2 aromatic heterocycles. The van der Waals surface area contributed by atoms with E-state index in [2.05, 4.69) is 4.98 Å². The largest absolute Gasteiger partial charge is 0.464 e. The lowest BCUT2D eigenvalue weighted by Crippen LogP contribution is -2.16. The maximum absolute atomic E-state index is 5.78. The Morgan fingerprint density at radius 1 is 1.31 bits per heavy atom. The highest BCUT2D eigenvalue weighted by molar-refractivity contribution is 6.30. The van der Waals surface area contributed by atoms with Gasteiger partial charge < -0.3 is 9.32 Å². The lowest BCUT2D eigenvalue weighted by Gasteiger charge is -2.16. The van der Waals surface area contributed by atoms with Crippen LogP contribution in [-0.4, -0.2) is 12.0 Å². The fourth-order valence-corrected chi connectivity index (χ4v) is 1.59. The number of pyridine rings is 1. The van der Waals surface area contributed by atoms with E-state index in [1.165, 1.54) is 0 Å². The minimum absolute atomic E-state index is 0.644. The molecular formula is C12H13ClN2O. The summed E-state index contributed by atoms with van der Waals surface area (Å²) in [5.41, 5.74) is 0. The predicted molar refractivity (Wildman–Crippen MR) is 64.8 cm³/mol. The number of hydrogen-bond donors (Lipinski definition) is 0. The van der Waals surface area contributed by atoms with Crippen molar-refractivity contribution in [2.75, 3.05) is 11.9 Å². The molecule has 0 amide bonds. The summed E-state index contributed by atoms with van der Waals surface area (Å²) in [6.45, 7) is 2.63. The summed E-state index contributed by atoms with van der Waals surface area (Å²) in [5.74, 6) is 2.72. The Morgan fingerprint density at radius 3 is 2.69 bits per heavy atom. The third-order valence-electron chi connectivity index (χ3n) is 2.29. The Balaban J connectivity index is 2.08. The summed E-state index contributed by atoms with van der Waals surface area (Å²) >= 11 is 5.78. The van der Waals surface area contributed by atoms with E-state index in [4.69, 9.17) is 16.0 Å². The molecule has 0 bridgehead atoms. The second-order valence-electron chi connectivity index (χ2n) is 3.70. The predicted octanol–water partition coefficient (Wildman–Crippen LogP) is 3.27. The molecule has 0 aliphatic heterocycles. The molecule has 2 heterocycles. The SMILES string of the molecule is Cc1ccc(CN(C)c2ccc(Cl)cn2)o1. The summed E-state index contributed by atoms with van der Waals surface area (Å²) in [7, 11) is 1.97. The molecule has 0 aliphatic rings. The van der Waals surface area contributed by atoms with Crippen LogP contribution >= 0.6 is 11.6 Å². The first-order valence-corrected chi connectivity index (χ1v) is 5.41. The molecule has 0 saturated heterocycles. The van der Waals surface area contributed by atoms with Gasteiger partial charge in [0.2, 0.25) is 0 Å². The lowest BCUT2D eigenvalue weighted by atomic mass is 10.4. The van der Waals surface area contributed by atoms with Gasteiger partial charge >= 0.3 is 0 Å². The number of anilines is 1. The molecular weight excluding hydrogens is 224 g/mol. The first kappa shape index (κ1) is 11.0. The van der Waals surface area contributed by atoms with Gasteiger partial charge in [-0.1, -0.05) is 11.6 Å². The van der Waals surface area contributed by atoms with Crippen LogP contribution in [0.15, 0.2) is 34.9 Å². The van der Waals surface area contributed by atoms with Crippen molar-refractivity contribution in [1.29, 1.82) is 0 Å². The van der Waals surface area contributed by atoms with E-state index in [1.54, 1.807) is 6.20 Å². The molecule has 0 spiro atoms. The molecule has 0 unspecified atom stereocenters. The van der Waals surface area contributed by atoms with Crippen LogP contribution in [0.3, 0.4) is 0 Å². The van der Waals surface area contributed by atoms with Crippen LogP contribution in [0, 0.1) is 6.92 Å². The summed E-state index contributed by atoms with van der Waals surface area (Å²) < 4.78 is 5.50. The maximum atomic E-state index is 5.78. The Hall–Kier alpha value is -1.48. The van der Waals surface area contributed by atoms with Crippen LogP contribution in [0.2, 0.25) is 5.02 Å². The Bertz CT molecular complexity index is 464. The number of nitrogens with zero attached hydrogens (tertiary/aromatic N) is 2. The molecule has 0 radical (unpaired) electrons. The number of hydrogen-bond acceptors (Lipinski definition) is 3. The third kappa shape index (κ3) is 2.55. The molecule has 0 saturated carbocycles. The van der Waals surface area contributed by atoms with Gasteiger partial charge in [0.1, 0.15) is 17.3 Å². The monoisotopic (exact) mass is 236 g/mol. The minimum atomic E-state index is 0.644. The van der Waals surface area contributed by atoms with E-state index < -0.39 is 0 Å². The van der Waals surface area contributed by atoms with Crippen LogP contribution in [0.5, 0.6) is 0 Å². The Morgan fingerprint density at radius 2 is 2.12 bits per heavy atom. The van der Waals surface area contributed by atoms with Crippen molar-refractivity contribution in [1.82, 2.24) is 4.98 Å². The molecule has 4 heteroatoms. The van der Waals surface area contributed by atoms with E-state index in [-0.39, 0.29) is 0 Å². The van der Waals surface area contributed by atoms with Crippen LogP contribution in [-0.2, 0) is 6.54 Å². The highest BCUT2D eigenvalue weighted by Gasteiger charge is 2.05. The smallest absolute Gasteiger partial charge is 0.128 e. The van der Waals surface area contributed by atoms with Gasteiger partial charge in [0.05, 0.1) is 11.6 Å². The minimum Gasteiger partial charge on any atom is -0.464 e. The highest BCUT2D eigenvalue weighted by atomic mass is 35.5. The van der Waals surface area contributed by atoms with Crippen LogP contribution in [0.4, 0.5) is 5.82 Å². The van der Waals surface area contributed by atoms with E-state index in [1.807, 2.05) is 43.1 Å². The topological polar surface area (TPSA) is 29.3 Å². The van der Waals surface area contributed by atoms with Gasteiger partial charge in [-0.15, -0.1) is 0 Å². The van der Waals surface area contributed by atoms with Crippen molar-refractivity contribution in [2.24, 2.45) is 0 Å². The lowest BCUT2D eigenvalue weighted by molar-refractivity contribution is 0.481. The average molecular weight is 237 g/mol. The Kier molecular flexibility index (Phi) is 3.15. The molecule has 2 aromatic rings. The van der Waals surface area contributed by atoms with E-state index >= 15 is 0 Å². The molecule has 0 aliphatic carbocycles. The molecule has 2 rings (SSSR count). The quantitative estimate of drug-likeness (QED) is 0.819. The third-order valence-corrected chi connectivity index (χ3v) is 2.52. The number of aromatic nitrogens is 1. The van der Waals surface area contributed by atoms with Gasteiger partial charge in [-0.2, -0.15) is 0 Å². The fraction of sp³-hybridized carbons (Fsp3) is 0.250. The summed E-state index contributed by atoms with van der Waals surface area (Å²) in [5, 5.41) is 0.644. The zero-order chi connectivity index (χ0) is 11.5. The summed E-state index contributed by atoms with van der Waals surface area (Å²) in [4.78, 5) is 6.24. The van der Waals surface area contributed by atoms with E-state index in [9.17, 15) is 0 Å². The van der Waals surface area contributed by atoms with Gasteiger partial charge in [0, 0.05) is 13.2 Å². The second-order valence-corrected chi connectivity index (χ2v) is 4.14. The van der Waals surface area contributed by atoms with E-state index in [0.717, 1.165) is 17.3 Å². The first-order valence-electron chi connectivity index (χ1n) is 5.03. The van der Waals surface area contributed by atoms with Crippen LogP contribution < -0.4 is 4.90 Å². The van der Waals surface area contributed by atoms with Crippen molar-refractivity contribution in [2.45, 2.75) is 13.5 Å². The molecule has 0 aromatic carbocycles. The number of furan rings is 1. The van der Waals surface area contributed by atoms with Gasteiger partial charge in [-0.25, -0.2) is 4.98 Å². The van der Waals surface area contributed by atoms with Crippen molar-refractivity contribution >= 4 is 17.4 Å². The second kappa shape index (κ2) is 4.58. The van der Waals surface area contributed by atoms with Gasteiger partial charge in [0.15, 0.2) is 0 Å². The zero-order valence-corrected chi connectivity index (χ0v) is 10.0. The maximum Gasteiger partial charge on any atom is 0.128 e. The molecule has 84 valence electrons. The van der Waals surface area contributed by atoms with Crippen LogP contribution in [0.1, 0.15) is 11.5 Å². The summed E-state index contributed by atoms with van der Waals surface area (Å²) in [6, 6.07) is 7.64. The van der Waals surface area contributed by atoms with Crippen molar-refractivity contribution in [3.63, 3.8) is 0 Å². The highest BCUT2D eigenvalue weighted by Crippen LogP contribution is 2.16. The zero-order valence-electron chi connectivity index (χ0n) is 9.27. The average Bonchev–Trinajstić information content (AvgIpc) is 2.65. The normalized spacial score (nSPS) is 10.4. The fourth-order valence-electron chi connectivity index (χ4n) is 1.48. The van der Waals surface area contributed by atoms with E-state index in [0.29, 0.717) is 11.6 Å². The van der Waals surface area contributed by atoms with Crippen molar-refractivity contribution < 1.29 is 4.42 Å². The van der Waals surface area contributed by atoms with Gasteiger partial charge in [0.25, 0.3) is 0 Å². The molecule has 3 nitrogen and oxygen atoms in total. The summed E-state index contributed by atoms with van der Waals surface area (Å²) in [6.07, 6.45) is 1.64. The molecule has 0 N–H and O–H groups in total. The molecule has 0 atom stereocenters. The standard InChI is InChI=1S/C12H13ClN2O/c1-9-3-5-11(16-9)8-15(2)12-6-4-10(13)7-14-12/h3-7H,8H2,1-2H3. The van der Waals surface area contributed by atoms with Gasteiger partial charge in [-0.05, 0) is 31.2 Å². The van der Waals surface area contributed by atoms with Crippen molar-refractivity contribution in [3.8, 4) is 0 Å². The number of halogens is 1. The van der Waals surface area contributed by atoms with Crippen molar-refractivity contribution in [3.05, 3.63) is 47.0 Å². The van der Waals surface area contributed by atoms with Gasteiger partial charge in [-0.3, -0.25) is 0 Å². The molecule has 0 fully saturated rings. The molecule has 16 heavy (non-hydrogen) atoms. The Labute approximate surface area is 99.7 Å². The number of aryl methyl sites for hydroxylation is 1. The van der Waals surface area contributed by atoms with Crippen LogP contribution in [0.25, 0.3) is 0 Å². The first-order chi connectivity index (χ1) is 7.65. The number of rotatable bonds is 3.